The van der Waals surface area contributed by atoms with Gasteiger partial charge in [0.1, 0.15) is 23.3 Å². The van der Waals surface area contributed by atoms with Gasteiger partial charge in [0.15, 0.2) is 5.82 Å². The van der Waals surface area contributed by atoms with E-state index in [2.05, 4.69) is 21.0 Å². The number of aromatic amines is 1. The lowest BCUT2D eigenvalue weighted by molar-refractivity contribution is 0.0240. The number of ketones is 1. The van der Waals surface area contributed by atoms with E-state index >= 15 is 4.39 Å². The Morgan fingerprint density at radius 3 is 2.50 bits per heavy atom. The minimum atomic E-state index is -4.16. The molecule has 252 valence electrons. The summed E-state index contributed by atoms with van der Waals surface area (Å²) in [5.41, 5.74) is -0.736. The van der Waals surface area contributed by atoms with Crippen molar-refractivity contribution >= 4 is 44.6 Å². The third-order valence-electron chi connectivity index (χ3n) is 7.69. The minimum absolute atomic E-state index is 0.0915. The normalized spacial score (nSPS) is 13.9. The van der Waals surface area contributed by atoms with Gasteiger partial charge in [-0.25, -0.2) is 23.5 Å². The number of anilines is 2. The Bertz CT molecular complexity index is 2050. The fourth-order valence-electron chi connectivity index (χ4n) is 5.05. The fourth-order valence-corrected chi connectivity index (χ4v) is 5.98. The summed E-state index contributed by atoms with van der Waals surface area (Å²) >= 11 is 0. The van der Waals surface area contributed by atoms with Gasteiger partial charge in [-0.2, -0.15) is 18.0 Å². The topological polar surface area (TPSA) is 165 Å². The molecule has 1 aliphatic rings. The largest absolute Gasteiger partial charge is 0.444 e. The molecule has 5 rings (SSSR count). The van der Waals surface area contributed by atoms with Crippen molar-refractivity contribution in [2.45, 2.75) is 33.3 Å². The molecule has 13 nitrogen and oxygen atoms in total. The molecule has 1 fully saturated rings. The molecule has 0 bridgehead atoms. The van der Waals surface area contributed by atoms with Crippen LogP contribution in [0.3, 0.4) is 0 Å². The first-order valence-electron chi connectivity index (χ1n) is 15.0. The zero-order chi connectivity index (χ0) is 35.0. The van der Waals surface area contributed by atoms with Crippen LogP contribution in [0.5, 0.6) is 0 Å². The van der Waals surface area contributed by atoms with Crippen molar-refractivity contribution in [3.63, 3.8) is 0 Å². The Labute approximate surface area is 276 Å². The van der Waals surface area contributed by atoms with E-state index in [-0.39, 0.29) is 23.2 Å². The number of hydrogen-bond donors (Lipinski definition) is 2. The molecule has 0 saturated carbocycles. The van der Waals surface area contributed by atoms with E-state index in [9.17, 15) is 27.7 Å². The lowest BCUT2D eigenvalue weighted by Gasteiger charge is -2.36. The molecule has 1 aromatic carbocycles. The Morgan fingerprint density at radius 2 is 1.85 bits per heavy atom. The van der Waals surface area contributed by atoms with Gasteiger partial charge in [-0.15, -0.1) is 0 Å². The van der Waals surface area contributed by atoms with E-state index in [1.807, 2.05) is 9.62 Å². The summed E-state index contributed by atoms with van der Waals surface area (Å²) in [6.45, 7) is 8.71. The number of aromatic nitrogens is 3. The van der Waals surface area contributed by atoms with Gasteiger partial charge in [-0.1, -0.05) is 6.92 Å². The van der Waals surface area contributed by atoms with Crippen LogP contribution in [0.4, 0.5) is 25.1 Å². The number of nitriles is 1. The number of ether oxygens (including phenoxy) is 1. The molecule has 1 aliphatic heterocycles. The van der Waals surface area contributed by atoms with Crippen LogP contribution in [0.25, 0.3) is 22.3 Å². The van der Waals surface area contributed by atoms with Crippen LogP contribution < -0.4 is 9.62 Å². The molecule has 4 heterocycles. The average Bonchev–Trinajstić information content (AvgIpc) is 3.48. The van der Waals surface area contributed by atoms with Crippen molar-refractivity contribution in [3.8, 4) is 17.3 Å². The maximum Gasteiger partial charge on any atom is 0.410 e. The van der Waals surface area contributed by atoms with Crippen molar-refractivity contribution < 1.29 is 31.5 Å². The van der Waals surface area contributed by atoms with Crippen molar-refractivity contribution in [2.75, 3.05) is 49.4 Å². The standard InChI is InChI=1S/C32H34F2N8O5S/c1-6-40(5)48(45,46)39-24-8-7-22(33)26(27(24)34)29(43)21-18-36-25-10-9-23(38-28(21)25)20-15-19(16-35)30(37-17-20)41-11-13-42(14-12-41)31(44)47-32(2,3)4/h7-10,15,17-18,36,39H,6,11-14H2,1-5H3. The highest BCUT2D eigenvalue weighted by molar-refractivity contribution is 7.90. The monoisotopic (exact) mass is 680 g/mol. The molecule has 1 amide bonds. The van der Waals surface area contributed by atoms with E-state index in [0.29, 0.717) is 48.8 Å². The summed E-state index contributed by atoms with van der Waals surface area (Å²) in [6.07, 6.45) is 2.39. The van der Waals surface area contributed by atoms with Crippen LogP contribution in [-0.2, 0) is 14.9 Å². The van der Waals surface area contributed by atoms with E-state index < -0.39 is 50.6 Å². The highest BCUT2D eigenvalue weighted by Crippen LogP contribution is 2.30. The number of carbonyl (C=O) groups excluding carboxylic acids is 2. The molecular weight excluding hydrogens is 646 g/mol. The SMILES string of the molecule is CCN(C)S(=O)(=O)Nc1ccc(F)c(C(=O)c2c[nH]c3ccc(-c4cnc(N5CCN(C(=O)OC(C)(C)C)CC5)c(C#N)c4)nc23)c1F. The van der Waals surface area contributed by atoms with Crippen molar-refractivity contribution in [1.82, 2.24) is 24.2 Å². The van der Waals surface area contributed by atoms with Gasteiger partial charge in [0.05, 0.1) is 39.1 Å². The second-order valence-electron chi connectivity index (χ2n) is 12.1. The minimum Gasteiger partial charge on any atom is -0.444 e. The molecule has 16 heteroatoms. The van der Waals surface area contributed by atoms with Gasteiger partial charge < -0.3 is 19.5 Å². The number of amides is 1. The Kier molecular flexibility index (Phi) is 9.38. The molecule has 0 spiro atoms. The van der Waals surface area contributed by atoms with E-state index in [1.54, 1.807) is 50.8 Å². The number of benzene rings is 1. The molecule has 2 N–H and O–H groups in total. The van der Waals surface area contributed by atoms with Gasteiger partial charge in [-0.3, -0.25) is 9.52 Å². The Hall–Kier alpha value is -5.14. The number of rotatable bonds is 8. The lowest BCUT2D eigenvalue weighted by Crippen LogP contribution is -2.50. The quantitative estimate of drug-likeness (QED) is 0.252. The molecule has 0 atom stereocenters. The fraction of sp³-hybridized carbons (Fsp3) is 0.344. The highest BCUT2D eigenvalue weighted by Gasteiger charge is 2.29. The van der Waals surface area contributed by atoms with E-state index in [0.717, 1.165) is 16.4 Å². The van der Waals surface area contributed by atoms with Crippen molar-refractivity contribution in [2.24, 2.45) is 0 Å². The van der Waals surface area contributed by atoms with Gasteiger partial charge in [0.25, 0.3) is 0 Å². The molecule has 0 aliphatic carbocycles. The van der Waals surface area contributed by atoms with Crippen LogP contribution >= 0.6 is 0 Å². The molecule has 3 aromatic heterocycles. The lowest BCUT2D eigenvalue weighted by atomic mass is 10.0. The van der Waals surface area contributed by atoms with Crippen LogP contribution in [-0.4, -0.2) is 89.8 Å². The summed E-state index contributed by atoms with van der Waals surface area (Å²) in [5.74, 6) is -3.16. The Balaban J connectivity index is 1.41. The summed E-state index contributed by atoms with van der Waals surface area (Å²) in [7, 11) is -2.88. The zero-order valence-corrected chi connectivity index (χ0v) is 27.8. The predicted octanol–water partition coefficient (Wildman–Crippen LogP) is 4.67. The first-order chi connectivity index (χ1) is 22.6. The zero-order valence-electron chi connectivity index (χ0n) is 27.0. The first-order valence-corrected chi connectivity index (χ1v) is 16.5. The summed E-state index contributed by atoms with van der Waals surface area (Å²) in [6, 6.07) is 8.75. The molecule has 0 unspecified atom stereocenters. The molecule has 1 saturated heterocycles. The molecule has 0 radical (unpaired) electrons. The number of carbonyl (C=O) groups is 2. The number of nitrogens with one attached hydrogen (secondary N) is 2. The maximum absolute atomic E-state index is 15.5. The number of fused-ring (bicyclic) bond motifs is 1. The van der Waals surface area contributed by atoms with Gasteiger partial charge in [0, 0.05) is 57.7 Å². The molecular formula is C32H34F2N8O5S. The third-order valence-corrected chi connectivity index (χ3v) is 9.25. The van der Waals surface area contributed by atoms with Crippen LogP contribution in [0.15, 0.2) is 42.7 Å². The first kappa shape index (κ1) is 34.2. The van der Waals surface area contributed by atoms with Gasteiger partial charge in [0.2, 0.25) is 5.78 Å². The smallest absolute Gasteiger partial charge is 0.410 e. The van der Waals surface area contributed by atoms with Crippen LogP contribution in [0.2, 0.25) is 0 Å². The van der Waals surface area contributed by atoms with E-state index in [4.69, 9.17) is 4.74 Å². The second kappa shape index (κ2) is 13.2. The van der Waals surface area contributed by atoms with Crippen LogP contribution in [0.1, 0.15) is 49.2 Å². The third kappa shape index (κ3) is 6.92. The second-order valence-corrected chi connectivity index (χ2v) is 13.9. The Morgan fingerprint density at radius 1 is 1.15 bits per heavy atom. The summed E-state index contributed by atoms with van der Waals surface area (Å²) < 4.78 is 63.8. The van der Waals surface area contributed by atoms with Crippen molar-refractivity contribution in [3.05, 3.63) is 71.1 Å². The van der Waals surface area contributed by atoms with E-state index in [1.165, 1.54) is 19.4 Å². The number of halogens is 2. The number of hydrogen-bond acceptors (Lipinski definition) is 9. The number of nitrogens with zero attached hydrogens (tertiary/aromatic N) is 6. The summed E-state index contributed by atoms with van der Waals surface area (Å²) in [5, 5.41) is 9.97. The number of H-pyrrole nitrogens is 1. The molecule has 48 heavy (non-hydrogen) atoms. The average molecular weight is 681 g/mol. The predicted molar refractivity (Wildman–Crippen MR) is 175 cm³/mol. The van der Waals surface area contributed by atoms with Crippen LogP contribution in [0, 0.1) is 23.0 Å². The highest BCUT2D eigenvalue weighted by atomic mass is 32.2. The number of pyridine rings is 2. The van der Waals surface area contributed by atoms with Crippen molar-refractivity contribution in [1.29, 1.82) is 5.26 Å². The maximum atomic E-state index is 15.5. The molecule has 4 aromatic rings. The number of piperazine rings is 1. The van der Waals surface area contributed by atoms with Gasteiger partial charge >= 0.3 is 16.3 Å². The summed E-state index contributed by atoms with van der Waals surface area (Å²) in [4.78, 5) is 41.5. The van der Waals surface area contributed by atoms with Gasteiger partial charge in [-0.05, 0) is 51.1 Å².